The molecule has 0 spiro atoms. The molecule has 1 fully saturated rings. The number of carbonyl (C=O) groups is 2. The van der Waals surface area contributed by atoms with E-state index in [9.17, 15) is 22.8 Å². The first-order valence-electron chi connectivity index (χ1n) is 7.75. The Kier molecular flexibility index (Phi) is 7.69. The topological polar surface area (TPSA) is 70.2 Å². The summed E-state index contributed by atoms with van der Waals surface area (Å²) in [5, 5.41) is 8.50. The van der Waals surface area contributed by atoms with E-state index in [4.69, 9.17) is 0 Å². The molecule has 0 saturated carbocycles. The van der Waals surface area contributed by atoms with Gasteiger partial charge in [0.25, 0.3) is 5.91 Å². The Morgan fingerprint density at radius 1 is 1.24 bits per heavy atom. The Bertz CT molecular complexity index is 593. The van der Waals surface area contributed by atoms with Crippen LogP contribution in [0.1, 0.15) is 35.7 Å². The molecule has 2 amide bonds. The Hall–Kier alpha value is -1.80. The van der Waals surface area contributed by atoms with Crippen molar-refractivity contribution in [3.8, 4) is 0 Å². The Morgan fingerprint density at radius 3 is 2.44 bits per heavy atom. The van der Waals surface area contributed by atoms with Crippen LogP contribution in [0, 0.1) is 0 Å². The van der Waals surface area contributed by atoms with E-state index in [0.29, 0.717) is 0 Å². The van der Waals surface area contributed by atoms with Gasteiger partial charge in [0.05, 0.1) is 12.1 Å². The summed E-state index contributed by atoms with van der Waals surface area (Å²) in [6.45, 7) is 2.67. The highest BCUT2D eigenvalue weighted by molar-refractivity contribution is 5.96. The molecule has 0 aliphatic carbocycles. The zero-order valence-corrected chi connectivity index (χ0v) is 14.5. The van der Waals surface area contributed by atoms with E-state index >= 15 is 0 Å². The number of halogens is 4. The Balaban J connectivity index is 0.00000312. The summed E-state index contributed by atoms with van der Waals surface area (Å²) in [6.07, 6.45) is -2.61. The number of rotatable bonds is 4. The van der Waals surface area contributed by atoms with Gasteiger partial charge in [-0.25, -0.2) is 0 Å². The van der Waals surface area contributed by atoms with Crippen LogP contribution in [0.5, 0.6) is 0 Å². The molecular formula is C16H21ClF3N3O2. The number of carbonyl (C=O) groups excluding carboxylic acids is 2. The van der Waals surface area contributed by atoms with Gasteiger partial charge >= 0.3 is 6.18 Å². The number of amides is 2. The van der Waals surface area contributed by atoms with E-state index in [0.717, 1.165) is 43.7 Å². The molecule has 1 heterocycles. The van der Waals surface area contributed by atoms with E-state index in [1.165, 1.54) is 0 Å². The molecular weight excluding hydrogens is 359 g/mol. The fourth-order valence-electron chi connectivity index (χ4n) is 2.57. The zero-order valence-electron chi connectivity index (χ0n) is 13.7. The number of hydrogen-bond donors (Lipinski definition) is 3. The highest BCUT2D eigenvalue weighted by atomic mass is 35.5. The van der Waals surface area contributed by atoms with Gasteiger partial charge in [-0.2, -0.15) is 13.2 Å². The van der Waals surface area contributed by atoms with Crippen molar-refractivity contribution in [2.45, 2.75) is 38.0 Å². The molecule has 0 aromatic heterocycles. The fraction of sp³-hybridized carbons (Fsp3) is 0.500. The standard InChI is InChI=1S/C16H20F3N3O2.ClH/c1-10-13(3-2-8-20-10)22-14(23)9-21-15(24)11-4-6-12(7-5-11)16(17,18)19;/h4-7,10,13,20H,2-3,8-9H2,1H3,(H,21,24)(H,22,23);1H. The first-order valence-corrected chi connectivity index (χ1v) is 7.75. The SMILES string of the molecule is CC1NCCCC1NC(=O)CNC(=O)c1ccc(C(F)(F)F)cc1.Cl. The maximum atomic E-state index is 12.5. The van der Waals surface area contributed by atoms with Crippen molar-refractivity contribution in [2.75, 3.05) is 13.1 Å². The maximum absolute atomic E-state index is 12.5. The van der Waals surface area contributed by atoms with Crippen LogP contribution in [0.4, 0.5) is 13.2 Å². The fourth-order valence-corrected chi connectivity index (χ4v) is 2.57. The Labute approximate surface area is 150 Å². The molecule has 0 radical (unpaired) electrons. The van der Waals surface area contributed by atoms with Crippen molar-refractivity contribution >= 4 is 24.2 Å². The summed E-state index contributed by atoms with van der Waals surface area (Å²) in [6, 6.07) is 4.02. The van der Waals surface area contributed by atoms with Crippen molar-refractivity contribution in [2.24, 2.45) is 0 Å². The number of nitrogens with one attached hydrogen (secondary N) is 3. The van der Waals surface area contributed by atoms with E-state index in [1.807, 2.05) is 6.92 Å². The predicted molar refractivity (Wildman–Crippen MR) is 89.7 cm³/mol. The maximum Gasteiger partial charge on any atom is 0.416 e. The number of piperidine rings is 1. The molecule has 3 N–H and O–H groups in total. The van der Waals surface area contributed by atoms with Crippen LogP contribution in [0.15, 0.2) is 24.3 Å². The lowest BCUT2D eigenvalue weighted by Gasteiger charge is -2.30. The van der Waals surface area contributed by atoms with Crippen molar-refractivity contribution in [1.29, 1.82) is 0 Å². The molecule has 2 unspecified atom stereocenters. The normalized spacial score (nSPS) is 20.3. The molecule has 0 bridgehead atoms. The van der Waals surface area contributed by atoms with Gasteiger partial charge in [-0.15, -0.1) is 12.4 Å². The first kappa shape index (κ1) is 21.2. The molecule has 1 aromatic rings. The van der Waals surface area contributed by atoms with Gasteiger partial charge in [0.15, 0.2) is 0 Å². The summed E-state index contributed by atoms with van der Waals surface area (Å²) < 4.78 is 37.4. The molecule has 5 nitrogen and oxygen atoms in total. The van der Waals surface area contributed by atoms with E-state index in [1.54, 1.807) is 0 Å². The molecule has 9 heteroatoms. The van der Waals surface area contributed by atoms with Crippen molar-refractivity contribution in [1.82, 2.24) is 16.0 Å². The number of hydrogen-bond acceptors (Lipinski definition) is 3. The van der Waals surface area contributed by atoms with Crippen LogP contribution in [0.25, 0.3) is 0 Å². The van der Waals surface area contributed by atoms with Gasteiger partial charge in [-0.05, 0) is 50.6 Å². The largest absolute Gasteiger partial charge is 0.416 e. The molecule has 1 aliphatic heterocycles. The van der Waals surface area contributed by atoms with Crippen LogP contribution in [-0.4, -0.2) is 37.0 Å². The van der Waals surface area contributed by atoms with Crippen LogP contribution >= 0.6 is 12.4 Å². The molecule has 25 heavy (non-hydrogen) atoms. The van der Waals surface area contributed by atoms with Crippen LogP contribution in [0.2, 0.25) is 0 Å². The van der Waals surface area contributed by atoms with Gasteiger partial charge in [0.2, 0.25) is 5.91 Å². The summed E-state index contributed by atoms with van der Waals surface area (Å²) >= 11 is 0. The molecule has 2 rings (SSSR count). The van der Waals surface area contributed by atoms with Gasteiger partial charge in [0, 0.05) is 17.6 Å². The van der Waals surface area contributed by atoms with Crippen molar-refractivity contribution < 1.29 is 22.8 Å². The number of benzene rings is 1. The van der Waals surface area contributed by atoms with Crippen LogP contribution in [0.3, 0.4) is 0 Å². The Morgan fingerprint density at radius 2 is 1.88 bits per heavy atom. The third kappa shape index (κ3) is 6.21. The highest BCUT2D eigenvalue weighted by Gasteiger charge is 2.30. The van der Waals surface area contributed by atoms with E-state index < -0.39 is 17.6 Å². The summed E-state index contributed by atoms with van der Waals surface area (Å²) in [7, 11) is 0. The minimum Gasteiger partial charge on any atom is -0.350 e. The highest BCUT2D eigenvalue weighted by Crippen LogP contribution is 2.29. The minimum atomic E-state index is -4.44. The van der Waals surface area contributed by atoms with E-state index in [2.05, 4.69) is 16.0 Å². The average molecular weight is 380 g/mol. The zero-order chi connectivity index (χ0) is 17.7. The van der Waals surface area contributed by atoms with Gasteiger partial charge in [0.1, 0.15) is 0 Å². The lowest BCUT2D eigenvalue weighted by Crippen LogP contribution is -2.53. The van der Waals surface area contributed by atoms with Crippen LogP contribution in [-0.2, 0) is 11.0 Å². The van der Waals surface area contributed by atoms with E-state index in [-0.39, 0.29) is 42.5 Å². The molecule has 1 aromatic carbocycles. The molecule has 2 atom stereocenters. The predicted octanol–water partition coefficient (Wildman–Crippen LogP) is 2.11. The van der Waals surface area contributed by atoms with Gasteiger partial charge in [-0.3, -0.25) is 9.59 Å². The molecule has 1 aliphatic rings. The summed E-state index contributed by atoms with van der Waals surface area (Å²) in [4.78, 5) is 23.8. The summed E-state index contributed by atoms with van der Waals surface area (Å²) in [5.41, 5.74) is -0.751. The van der Waals surface area contributed by atoms with Crippen LogP contribution < -0.4 is 16.0 Å². The van der Waals surface area contributed by atoms with Gasteiger partial charge < -0.3 is 16.0 Å². The lowest BCUT2D eigenvalue weighted by atomic mass is 10.00. The molecule has 1 saturated heterocycles. The smallest absolute Gasteiger partial charge is 0.350 e. The third-order valence-electron chi connectivity index (χ3n) is 3.99. The average Bonchev–Trinajstić information content (AvgIpc) is 2.54. The quantitative estimate of drug-likeness (QED) is 0.750. The van der Waals surface area contributed by atoms with Gasteiger partial charge in [-0.1, -0.05) is 0 Å². The van der Waals surface area contributed by atoms with Crippen molar-refractivity contribution in [3.05, 3.63) is 35.4 Å². The van der Waals surface area contributed by atoms with Crippen molar-refractivity contribution in [3.63, 3.8) is 0 Å². The minimum absolute atomic E-state index is 0. The monoisotopic (exact) mass is 379 g/mol. The molecule has 140 valence electrons. The second-order valence-electron chi connectivity index (χ2n) is 5.82. The lowest BCUT2D eigenvalue weighted by molar-refractivity contribution is -0.137. The second-order valence-corrected chi connectivity index (χ2v) is 5.82. The third-order valence-corrected chi connectivity index (χ3v) is 3.99. The first-order chi connectivity index (χ1) is 11.3. The second kappa shape index (κ2) is 9.05. The summed E-state index contributed by atoms with van der Waals surface area (Å²) in [5.74, 6) is -0.912. The number of alkyl halides is 3.